The van der Waals surface area contributed by atoms with Crippen LogP contribution in [0.1, 0.15) is 71.2 Å². The Balaban J connectivity index is 0.942. The summed E-state index contributed by atoms with van der Waals surface area (Å²) in [5.41, 5.74) is 2.79. The highest BCUT2D eigenvalue weighted by atomic mass is 16.6. The molecule has 1 saturated heterocycles. The summed E-state index contributed by atoms with van der Waals surface area (Å²) in [5, 5.41) is 11.9. The van der Waals surface area contributed by atoms with Crippen molar-refractivity contribution in [1.29, 1.82) is 0 Å². The van der Waals surface area contributed by atoms with E-state index in [4.69, 9.17) is 33.2 Å². The number of rotatable bonds is 16. The fraction of sp³-hybridized carbons (Fsp3) is 0.417. The topological polar surface area (TPSA) is 166 Å². The first-order valence-corrected chi connectivity index (χ1v) is 21.5. The standard InChI is InChI=1S/C48H54N4O12/c1-6-17-63-46(56)50-28-32-26-48(15-16-48)29-51(32)44(54)34-22-39(59-4)41(24-36(34)50)61-19-9-8-10-20-62-42-25-37-35(23-40(42)60-5)43(53)49-27-31(30-11-13-33(58-3)14-12-30)21-38(49)45(55)52(37)47(57)64-18-7-2/h6-7,11-14,22-25,27,32,38,45,55H,1-2,8-10,15-21,26,28-29H2,3-5H3/t32-,38-,45?/m0/s1. The average Bonchev–Trinajstić information content (AvgIpc) is 3.81. The van der Waals surface area contributed by atoms with Crippen LogP contribution in [0.4, 0.5) is 21.0 Å². The van der Waals surface area contributed by atoms with Crippen LogP contribution in [0.15, 0.2) is 80.0 Å². The zero-order chi connectivity index (χ0) is 45.1. The molecule has 338 valence electrons. The molecule has 0 aromatic heterocycles. The lowest BCUT2D eigenvalue weighted by Gasteiger charge is -2.31. The van der Waals surface area contributed by atoms with E-state index in [1.165, 1.54) is 48.3 Å². The van der Waals surface area contributed by atoms with Crippen LogP contribution >= 0.6 is 0 Å². The summed E-state index contributed by atoms with van der Waals surface area (Å²) in [6, 6.07) is 12.8. The predicted molar refractivity (Wildman–Crippen MR) is 236 cm³/mol. The van der Waals surface area contributed by atoms with Gasteiger partial charge in [0.05, 0.1) is 69.1 Å². The molecule has 16 heteroatoms. The van der Waals surface area contributed by atoms with Gasteiger partial charge in [-0.3, -0.25) is 14.5 Å². The minimum Gasteiger partial charge on any atom is -0.497 e. The van der Waals surface area contributed by atoms with Crippen molar-refractivity contribution >= 4 is 40.9 Å². The Hall–Kier alpha value is -6.68. The van der Waals surface area contributed by atoms with Crippen molar-refractivity contribution in [2.45, 2.75) is 63.3 Å². The molecule has 1 unspecified atom stereocenters. The van der Waals surface area contributed by atoms with Gasteiger partial charge in [-0.05, 0) is 85.8 Å². The Labute approximate surface area is 372 Å². The molecule has 3 aromatic rings. The summed E-state index contributed by atoms with van der Waals surface area (Å²) in [7, 11) is 4.55. The molecule has 4 amide bonds. The Morgan fingerprint density at radius 2 is 1.39 bits per heavy atom. The van der Waals surface area contributed by atoms with Gasteiger partial charge < -0.3 is 48.1 Å². The fourth-order valence-corrected chi connectivity index (χ4v) is 9.06. The summed E-state index contributed by atoms with van der Waals surface area (Å²) in [6.45, 7) is 8.76. The maximum atomic E-state index is 14.3. The zero-order valence-corrected chi connectivity index (χ0v) is 36.4. The third-order valence-corrected chi connectivity index (χ3v) is 12.6. The highest BCUT2D eigenvalue weighted by molar-refractivity contribution is 6.07. The second-order valence-electron chi connectivity index (χ2n) is 16.6. The number of benzene rings is 3. The molecule has 16 nitrogen and oxygen atoms in total. The maximum Gasteiger partial charge on any atom is 0.416 e. The Kier molecular flexibility index (Phi) is 12.8. The van der Waals surface area contributed by atoms with E-state index >= 15 is 0 Å². The van der Waals surface area contributed by atoms with Crippen molar-refractivity contribution in [2.24, 2.45) is 5.41 Å². The van der Waals surface area contributed by atoms with E-state index in [0.29, 0.717) is 67.5 Å². The van der Waals surface area contributed by atoms with Gasteiger partial charge in [0.15, 0.2) is 29.2 Å². The van der Waals surface area contributed by atoms with Crippen LogP contribution < -0.4 is 33.5 Å². The van der Waals surface area contributed by atoms with Crippen LogP contribution in [0.25, 0.3) is 5.57 Å². The second kappa shape index (κ2) is 18.6. The number of aliphatic hydroxyl groups excluding tert-OH is 1. The Bertz CT molecular complexity index is 2340. The zero-order valence-electron chi connectivity index (χ0n) is 36.4. The highest BCUT2D eigenvalue weighted by Crippen LogP contribution is 2.56. The van der Waals surface area contributed by atoms with Crippen molar-refractivity contribution in [3.05, 3.63) is 96.7 Å². The number of aliphatic hydroxyl groups is 1. The first-order valence-electron chi connectivity index (χ1n) is 21.5. The molecule has 4 heterocycles. The molecule has 64 heavy (non-hydrogen) atoms. The SMILES string of the molecule is C=CCOC(=O)N1C[C@@H]2CC3(CC3)CN2C(=O)c2cc(OC)c(OCCCCCOc3cc4c(cc3OC)C(=O)N3C=C(c5ccc(OC)cc5)C[C@H]3C(O)N4C(=O)OCC=C)cc21. The number of amides is 4. The van der Waals surface area contributed by atoms with E-state index in [0.717, 1.165) is 35.3 Å². The van der Waals surface area contributed by atoms with Gasteiger partial charge in [-0.2, -0.15) is 0 Å². The molecular weight excluding hydrogens is 825 g/mol. The van der Waals surface area contributed by atoms with Crippen molar-refractivity contribution < 1.29 is 57.4 Å². The molecule has 2 fully saturated rings. The first kappa shape index (κ1) is 43.9. The van der Waals surface area contributed by atoms with E-state index in [-0.39, 0.29) is 66.4 Å². The molecule has 4 aliphatic heterocycles. The third kappa shape index (κ3) is 8.53. The smallest absolute Gasteiger partial charge is 0.416 e. The summed E-state index contributed by atoms with van der Waals surface area (Å²) in [6.07, 6.45) is 6.92. The van der Waals surface area contributed by atoms with Gasteiger partial charge in [0.1, 0.15) is 19.0 Å². The quantitative estimate of drug-likeness (QED) is 0.114. The minimum absolute atomic E-state index is 0.0374. The molecule has 1 aliphatic carbocycles. The van der Waals surface area contributed by atoms with E-state index < -0.39 is 30.4 Å². The largest absolute Gasteiger partial charge is 0.497 e. The van der Waals surface area contributed by atoms with E-state index in [9.17, 15) is 24.3 Å². The Morgan fingerprint density at radius 1 is 0.781 bits per heavy atom. The van der Waals surface area contributed by atoms with Crippen LogP contribution in [0, 0.1) is 5.41 Å². The van der Waals surface area contributed by atoms with Gasteiger partial charge >= 0.3 is 12.2 Å². The van der Waals surface area contributed by atoms with Gasteiger partial charge in [-0.15, -0.1) is 0 Å². The number of unbranched alkanes of at least 4 members (excludes halogenated alkanes) is 2. The van der Waals surface area contributed by atoms with Crippen LogP contribution in [0.5, 0.6) is 28.7 Å². The lowest BCUT2D eigenvalue weighted by molar-refractivity contribution is 0.0559. The lowest BCUT2D eigenvalue weighted by Crippen LogP contribution is -2.50. The van der Waals surface area contributed by atoms with Crippen LogP contribution in [0.2, 0.25) is 0 Å². The molecule has 1 N–H and O–H groups in total. The van der Waals surface area contributed by atoms with Gasteiger partial charge in [0, 0.05) is 31.4 Å². The number of nitrogens with zero attached hydrogens (tertiary/aromatic N) is 4. The van der Waals surface area contributed by atoms with Gasteiger partial charge in [0.2, 0.25) is 0 Å². The second-order valence-corrected chi connectivity index (χ2v) is 16.6. The normalized spacial score (nSPS) is 20.2. The van der Waals surface area contributed by atoms with Crippen LogP contribution in [0.3, 0.4) is 0 Å². The van der Waals surface area contributed by atoms with Crippen molar-refractivity contribution in [1.82, 2.24) is 9.80 Å². The Morgan fingerprint density at radius 3 is 1.98 bits per heavy atom. The van der Waals surface area contributed by atoms with Crippen LogP contribution in [-0.2, 0) is 9.47 Å². The molecule has 8 rings (SSSR count). The monoisotopic (exact) mass is 878 g/mol. The number of anilines is 2. The first-order chi connectivity index (χ1) is 31.0. The van der Waals surface area contributed by atoms with Crippen molar-refractivity contribution in [2.75, 3.05) is 70.6 Å². The number of fused-ring (bicyclic) bond motifs is 4. The average molecular weight is 879 g/mol. The number of hydrogen-bond donors (Lipinski definition) is 1. The third-order valence-electron chi connectivity index (χ3n) is 12.6. The number of hydrogen-bond acceptors (Lipinski definition) is 12. The van der Waals surface area contributed by atoms with Crippen molar-refractivity contribution in [3.8, 4) is 28.7 Å². The molecule has 1 spiro atoms. The summed E-state index contributed by atoms with van der Waals surface area (Å²) in [5.74, 6) is 1.41. The van der Waals surface area contributed by atoms with Gasteiger partial charge in [-0.25, -0.2) is 14.5 Å². The van der Waals surface area contributed by atoms with E-state index in [1.807, 2.05) is 29.2 Å². The molecule has 1 saturated carbocycles. The number of methoxy groups -OCH3 is 3. The minimum atomic E-state index is -1.48. The summed E-state index contributed by atoms with van der Waals surface area (Å²) in [4.78, 5) is 61.2. The van der Waals surface area contributed by atoms with E-state index in [1.54, 1.807) is 25.4 Å². The highest BCUT2D eigenvalue weighted by Gasteiger charge is 2.55. The van der Waals surface area contributed by atoms with Crippen LogP contribution in [-0.4, -0.2) is 118 Å². The van der Waals surface area contributed by atoms with Gasteiger partial charge in [0.25, 0.3) is 11.8 Å². The predicted octanol–water partition coefficient (Wildman–Crippen LogP) is 7.19. The molecule has 3 aromatic carbocycles. The summed E-state index contributed by atoms with van der Waals surface area (Å²) >= 11 is 0. The maximum absolute atomic E-state index is 14.3. The van der Waals surface area contributed by atoms with Gasteiger partial charge in [-0.1, -0.05) is 37.4 Å². The molecule has 0 radical (unpaired) electrons. The molecule has 5 aliphatic rings. The number of carbonyl (C=O) groups is 4. The summed E-state index contributed by atoms with van der Waals surface area (Å²) < 4.78 is 40.0. The molecule has 0 bridgehead atoms. The lowest BCUT2D eigenvalue weighted by atomic mass is 10.0. The number of carbonyl (C=O) groups excluding carboxylic acids is 4. The molecular formula is C48H54N4O12. The molecule has 3 atom stereocenters. The fourth-order valence-electron chi connectivity index (χ4n) is 9.06. The van der Waals surface area contributed by atoms with E-state index in [2.05, 4.69) is 13.2 Å². The van der Waals surface area contributed by atoms with Crippen molar-refractivity contribution in [3.63, 3.8) is 0 Å². The number of ether oxygens (including phenoxy) is 7.